The van der Waals surface area contributed by atoms with Crippen molar-refractivity contribution in [3.05, 3.63) is 96.3 Å². The molecule has 2 aliphatic heterocycles. The van der Waals surface area contributed by atoms with Crippen molar-refractivity contribution in [1.82, 2.24) is 0 Å². The maximum atomic E-state index is 14.1. The molecule has 1 N–H and O–H groups in total. The van der Waals surface area contributed by atoms with Crippen LogP contribution in [0.25, 0.3) is 0 Å². The fourth-order valence-electron chi connectivity index (χ4n) is 7.99. The van der Waals surface area contributed by atoms with Crippen LogP contribution >= 0.6 is 0 Å². The van der Waals surface area contributed by atoms with Gasteiger partial charge in [0.05, 0.1) is 12.7 Å². The molecular formula is C36H45FO5Si. The minimum Gasteiger partial charge on any atom is -0.407 e. The molecule has 3 fully saturated rings. The Balaban J connectivity index is 1.42. The highest BCUT2D eigenvalue weighted by atomic mass is 28.4. The van der Waals surface area contributed by atoms with Gasteiger partial charge in [0, 0.05) is 31.0 Å². The Morgan fingerprint density at radius 2 is 1.56 bits per heavy atom. The summed E-state index contributed by atoms with van der Waals surface area (Å²) in [6, 6.07) is 28.2. The molecule has 2 saturated heterocycles. The van der Waals surface area contributed by atoms with Crippen molar-refractivity contribution >= 4 is 18.7 Å². The van der Waals surface area contributed by atoms with Gasteiger partial charge in [-0.2, -0.15) is 0 Å². The first-order valence-corrected chi connectivity index (χ1v) is 17.7. The molecule has 0 radical (unpaired) electrons. The number of ether oxygens (including phenoxy) is 3. The summed E-state index contributed by atoms with van der Waals surface area (Å²) in [5.41, 5.74) is 0.600. The molecule has 0 amide bonds. The van der Waals surface area contributed by atoms with Crippen molar-refractivity contribution in [2.45, 2.75) is 82.0 Å². The summed E-state index contributed by atoms with van der Waals surface area (Å²) in [6.07, 6.45) is 2.88. The van der Waals surface area contributed by atoms with Crippen molar-refractivity contribution < 1.29 is 28.1 Å². The van der Waals surface area contributed by atoms with E-state index >= 15 is 0 Å². The predicted molar refractivity (Wildman–Crippen MR) is 168 cm³/mol. The van der Waals surface area contributed by atoms with E-state index in [1.165, 1.54) is 22.5 Å². The smallest absolute Gasteiger partial charge is 0.261 e. The zero-order chi connectivity index (χ0) is 30.1. The van der Waals surface area contributed by atoms with Crippen LogP contribution in [0.3, 0.4) is 0 Å². The van der Waals surface area contributed by atoms with E-state index in [1.54, 1.807) is 0 Å². The Labute approximate surface area is 256 Å². The van der Waals surface area contributed by atoms with Crippen molar-refractivity contribution in [3.8, 4) is 0 Å². The standard InChI is InChI=1S/C36H45FO5Si/c1-35(2,3)43(28-12-6-4-7-13-28,29-14-8-5-9-15-29)41-24-30-31-22-33(38)40-25-36(31,26-17-19-27(37)20-18-26)23-32(30)42-34-16-10-11-21-39-34/h4-9,12-15,17-20,30-34,38H,10-11,16,21-25H2,1-3H3/t30-,31-,32-,33?,34?,36-/m0/s1. The van der Waals surface area contributed by atoms with E-state index < -0.39 is 20.0 Å². The van der Waals surface area contributed by atoms with Crippen molar-refractivity contribution in [3.63, 3.8) is 0 Å². The molecule has 43 heavy (non-hydrogen) atoms. The molecule has 0 spiro atoms. The number of benzene rings is 3. The van der Waals surface area contributed by atoms with Gasteiger partial charge in [-0.25, -0.2) is 4.39 Å². The zero-order valence-electron chi connectivity index (χ0n) is 25.6. The summed E-state index contributed by atoms with van der Waals surface area (Å²) in [5, 5.41) is 13.1. The molecule has 1 saturated carbocycles. The molecule has 3 aliphatic rings. The molecule has 0 bridgehead atoms. The first-order valence-electron chi connectivity index (χ1n) is 15.8. The first-order chi connectivity index (χ1) is 20.7. The Kier molecular flexibility index (Phi) is 8.93. The fraction of sp³-hybridized carbons (Fsp3) is 0.500. The Morgan fingerprint density at radius 1 is 0.907 bits per heavy atom. The second kappa shape index (κ2) is 12.5. The third-order valence-electron chi connectivity index (χ3n) is 10.1. The Morgan fingerprint density at radius 3 is 2.14 bits per heavy atom. The van der Waals surface area contributed by atoms with Crippen LogP contribution in [0.4, 0.5) is 4.39 Å². The van der Waals surface area contributed by atoms with Gasteiger partial charge in [-0.1, -0.05) is 93.6 Å². The van der Waals surface area contributed by atoms with Crippen LogP contribution in [-0.4, -0.2) is 51.9 Å². The number of halogens is 1. The summed E-state index contributed by atoms with van der Waals surface area (Å²) >= 11 is 0. The zero-order valence-corrected chi connectivity index (χ0v) is 26.6. The van der Waals surface area contributed by atoms with Gasteiger partial charge in [0.2, 0.25) is 0 Å². The summed E-state index contributed by atoms with van der Waals surface area (Å²) < 4.78 is 40.4. The maximum Gasteiger partial charge on any atom is 0.261 e. The monoisotopic (exact) mass is 604 g/mol. The number of hydrogen-bond donors (Lipinski definition) is 1. The van der Waals surface area contributed by atoms with Crippen LogP contribution in [0.1, 0.15) is 58.4 Å². The molecular weight excluding hydrogens is 559 g/mol. The van der Waals surface area contributed by atoms with Gasteiger partial charge >= 0.3 is 0 Å². The van der Waals surface area contributed by atoms with E-state index in [-0.39, 0.29) is 35.1 Å². The van der Waals surface area contributed by atoms with Crippen molar-refractivity contribution in [1.29, 1.82) is 0 Å². The molecule has 2 unspecified atom stereocenters. The highest BCUT2D eigenvalue weighted by Crippen LogP contribution is 2.55. The maximum absolute atomic E-state index is 14.1. The molecule has 1 aliphatic carbocycles. The van der Waals surface area contributed by atoms with Gasteiger partial charge < -0.3 is 23.7 Å². The third-order valence-corrected chi connectivity index (χ3v) is 15.1. The molecule has 7 heteroatoms. The Hall–Kier alpha value is -2.39. The highest BCUT2D eigenvalue weighted by molar-refractivity contribution is 6.99. The van der Waals surface area contributed by atoms with Crippen LogP contribution in [0.5, 0.6) is 0 Å². The lowest BCUT2D eigenvalue weighted by Crippen LogP contribution is -2.67. The van der Waals surface area contributed by atoms with E-state index in [1.807, 2.05) is 12.1 Å². The molecule has 2 heterocycles. The summed E-state index contributed by atoms with van der Waals surface area (Å²) in [7, 11) is -2.81. The van der Waals surface area contributed by atoms with Crippen molar-refractivity contribution in [2.24, 2.45) is 11.8 Å². The van der Waals surface area contributed by atoms with E-state index in [2.05, 4.69) is 81.4 Å². The largest absolute Gasteiger partial charge is 0.407 e. The van der Waals surface area contributed by atoms with Crippen LogP contribution < -0.4 is 10.4 Å². The summed E-state index contributed by atoms with van der Waals surface area (Å²) in [6.45, 7) is 8.40. The van der Waals surface area contributed by atoms with Gasteiger partial charge in [0.1, 0.15) is 5.82 Å². The van der Waals surface area contributed by atoms with Gasteiger partial charge in [-0.15, -0.1) is 0 Å². The minimum atomic E-state index is -2.81. The lowest BCUT2D eigenvalue weighted by atomic mass is 9.68. The average molecular weight is 605 g/mol. The van der Waals surface area contributed by atoms with Crippen molar-refractivity contribution in [2.75, 3.05) is 19.8 Å². The van der Waals surface area contributed by atoms with E-state index in [9.17, 15) is 9.50 Å². The molecule has 6 rings (SSSR count). The molecule has 3 aromatic carbocycles. The van der Waals surface area contributed by atoms with Gasteiger partial charge in [0.25, 0.3) is 8.32 Å². The number of fused-ring (bicyclic) bond motifs is 1. The summed E-state index contributed by atoms with van der Waals surface area (Å²) in [4.78, 5) is 0. The van der Waals surface area contributed by atoms with E-state index in [4.69, 9.17) is 18.6 Å². The number of rotatable bonds is 8. The fourth-order valence-corrected chi connectivity index (χ4v) is 12.6. The van der Waals surface area contributed by atoms with Gasteiger partial charge in [-0.3, -0.25) is 0 Å². The van der Waals surface area contributed by atoms with E-state index in [0.717, 1.165) is 24.8 Å². The van der Waals surface area contributed by atoms with Crippen LogP contribution in [0.2, 0.25) is 5.04 Å². The second-order valence-corrected chi connectivity index (χ2v) is 17.9. The predicted octanol–water partition coefficient (Wildman–Crippen LogP) is 5.93. The van der Waals surface area contributed by atoms with Gasteiger partial charge in [-0.05, 0) is 64.7 Å². The quantitative estimate of drug-likeness (QED) is 0.323. The average Bonchev–Trinajstić information content (AvgIpc) is 3.31. The SMILES string of the molecule is CC(C)(C)[Si](OC[C@@H]1[C@@H](OC2CCCCO2)C[C@@]2(c3ccc(F)cc3)COC(O)C[C@@H]12)(c1ccccc1)c1ccccc1. The minimum absolute atomic E-state index is 0.0178. The normalized spacial score (nSPS) is 29.7. The molecule has 5 nitrogen and oxygen atoms in total. The molecule has 0 aromatic heterocycles. The van der Waals surface area contributed by atoms with Crippen LogP contribution in [-0.2, 0) is 24.1 Å². The summed E-state index contributed by atoms with van der Waals surface area (Å²) in [5.74, 6) is -0.259. The Bertz CT molecular complexity index is 1290. The number of hydrogen-bond acceptors (Lipinski definition) is 5. The number of aliphatic hydroxyl groups excluding tert-OH is 1. The first kappa shape index (κ1) is 30.6. The third kappa shape index (κ3) is 5.88. The highest BCUT2D eigenvalue weighted by Gasteiger charge is 2.59. The lowest BCUT2D eigenvalue weighted by molar-refractivity contribution is -0.198. The molecule has 230 valence electrons. The lowest BCUT2D eigenvalue weighted by Gasteiger charge is -2.46. The van der Waals surface area contributed by atoms with Gasteiger partial charge in [0.15, 0.2) is 12.6 Å². The molecule has 6 atom stereocenters. The second-order valence-electron chi connectivity index (χ2n) is 13.6. The topological polar surface area (TPSA) is 57.2 Å². The van der Waals surface area contributed by atoms with Crippen LogP contribution in [0, 0.1) is 17.7 Å². The molecule has 3 aromatic rings. The number of aliphatic hydroxyl groups is 1. The van der Waals surface area contributed by atoms with Crippen LogP contribution in [0.15, 0.2) is 84.9 Å². The van der Waals surface area contributed by atoms with E-state index in [0.29, 0.717) is 32.7 Å².